The first-order chi connectivity index (χ1) is 9.36. The lowest BCUT2D eigenvalue weighted by atomic mass is 10.1. The van der Waals surface area contributed by atoms with Gasteiger partial charge in [0.15, 0.2) is 5.96 Å². The molecule has 0 amide bonds. The molecular formula is C15H18N4. The molecule has 2 aromatic rings. The molecule has 0 atom stereocenters. The number of aromatic nitrogens is 1. The average Bonchev–Trinajstić information content (AvgIpc) is 3.06. The van der Waals surface area contributed by atoms with Gasteiger partial charge < -0.3 is 15.6 Å². The lowest BCUT2D eigenvalue weighted by Gasteiger charge is -2.09. The molecule has 1 aromatic carbocycles. The van der Waals surface area contributed by atoms with E-state index in [2.05, 4.69) is 51.0 Å². The van der Waals surface area contributed by atoms with Gasteiger partial charge in [0.1, 0.15) is 0 Å². The van der Waals surface area contributed by atoms with E-state index in [0.29, 0.717) is 0 Å². The maximum Gasteiger partial charge on any atom is 0.195 e. The Labute approximate surface area is 112 Å². The second kappa shape index (κ2) is 5.18. The number of benzene rings is 1. The molecule has 4 heteroatoms. The maximum atomic E-state index is 4.36. The van der Waals surface area contributed by atoms with Crippen molar-refractivity contribution in [3.63, 3.8) is 0 Å². The molecule has 4 nitrogen and oxygen atoms in total. The van der Waals surface area contributed by atoms with Crippen LogP contribution in [0.15, 0.2) is 41.5 Å². The molecule has 1 aliphatic heterocycles. The van der Waals surface area contributed by atoms with Crippen LogP contribution < -0.4 is 10.6 Å². The molecule has 0 aliphatic carbocycles. The molecular weight excluding hydrogens is 236 g/mol. The molecule has 0 fully saturated rings. The van der Waals surface area contributed by atoms with Crippen LogP contribution in [0.1, 0.15) is 12.5 Å². The second-order valence-corrected chi connectivity index (χ2v) is 4.63. The molecule has 0 saturated heterocycles. The van der Waals surface area contributed by atoms with E-state index in [9.17, 15) is 0 Å². The Kier molecular flexibility index (Phi) is 3.23. The van der Waals surface area contributed by atoms with Crippen molar-refractivity contribution in [2.45, 2.75) is 13.3 Å². The smallest absolute Gasteiger partial charge is 0.195 e. The van der Waals surface area contributed by atoms with Crippen molar-refractivity contribution in [1.82, 2.24) is 10.3 Å². The van der Waals surface area contributed by atoms with Crippen molar-refractivity contribution in [2.24, 2.45) is 4.99 Å². The van der Waals surface area contributed by atoms with Crippen LogP contribution in [0.2, 0.25) is 0 Å². The Morgan fingerprint density at radius 2 is 2.37 bits per heavy atom. The summed E-state index contributed by atoms with van der Waals surface area (Å²) < 4.78 is 0. The zero-order chi connectivity index (χ0) is 13.1. The largest absolute Gasteiger partial charge is 0.361 e. The number of guanidine groups is 1. The Morgan fingerprint density at radius 3 is 3.16 bits per heavy atom. The Hall–Kier alpha value is -2.23. The standard InChI is InChI=1S/C15H18N4/c1-2-3-4-11-9-13(19-15-17-7-8-18-15)10-12-5-6-16-14(11)12/h2-3,5-6,9-10,16H,4,7-8H2,1H3,(H2,17,18,19)/b3-2+. The van der Waals surface area contributed by atoms with E-state index in [0.717, 1.165) is 31.2 Å². The number of hydrogen-bond acceptors (Lipinski definition) is 3. The third-order valence-corrected chi connectivity index (χ3v) is 3.25. The monoisotopic (exact) mass is 254 g/mol. The van der Waals surface area contributed by atoms with Gasteiger partial charge in [-0.15, -0.1) is 0 Å². The molecule has 2 heterocycles. The number of H-pyrrole nitrogens is 1. The number of nitrogens with one attached hydrogen (secondary N) is 3. The average molecular weight is 254 g/mol. The predicted molar refractivity (Wildman–Crippen MR) is 80.7 cm³/mol. The minimum absolute atomic E-state index is 0.847. The van der Waals surface area contributed by atoms with Gasteiger partial charge in [-0.05, 0) is 37.1 Å². The highest BCUT2D eigenvalue weighted by Gasteiger charge is 2.08. The summed E-state index contributed by atoms with van der Waals surface area (Å²) in [7, 11) is 0. The fourth-order valence-corrected chi connectivity index (χ4v) is 2.35. The van der Waals surface area contributed by atoms with Crippen molar-refractivity contribution in [2.75, 3.05) is 18.4 Å². The van der Waals surface area contributed by atoms with Gasteiger partial charge in [0.05, 0.1) is 6.54 Å². The van der Waals surface area contributed by atoms with E-state index in [-0.39, 0.29) is 0 Å². The van der Waals surface area contributed by atoms with E-state index >= 15 is 0 Å². The van der Waals surface area contributed by atoms with Crippen LogP contribution in [0.3, 0.4) is 0 Å². The van der Waals surface area contributed by atoms with Crippen molar-refractivity contribution >= 4 is 22.5 Å². The summed E-state index contributed by atoms with van der Waals surface area (Å²) in [4.78, 5) is 7.67. The highest BCUT2D eigenvalue weighted by molar-refractivity contribution is 5.97. The minimum Gasteiger partial charge on any atom is -0.361 e. The van der Waals surface area contributed by atoms with Gasteiger partial charge >= 0.3 is 0 Å². The number of anilines is 1. The predicted octanol–water partition coefficient (Wildman–Crippen LogP) is 2.66. The molecule has 0 bridgehead atoms. The van der Waals surface area contributed by atoms with Gasteiger partial charge in [0.25, 0.3) is 0 Å². The van der Waals surface area contributed by atoms with Crippen LogP contribution in [0.25, 0.3) is 10.9 Å². The quantitative estimate of drug-likeness (QED) is 0.738. The normalized spacial score (nSPS) is 14.9. The van der Waals surface area contributed by atoms with E-state index in [1.807, 2.05) is 13.1 Å². The fraction of sp³-hybridized carbons (Fsp3) is 0.267. The van der Waals surface area contributed by atoms with Gasteiger partial charge in [-0.3, -0.25) is 4.99 Å². The summed E-state index contributed by atoms with van der Waals surface area (Å²) in [6.07, 6.45) is 7.17. The molecule has 3 rings (SSSR count). The Balaban J connectivity index is 1.95. The topological polar surface area (TPSA) is 52.2 Å². The minimum atomic E-state index is 0.847. The number of fused-ring (bicyclic) bond motifs is 1. The SMILES string of the molecule is C/C=C/Cc1cc(NC2=NCCN2)cc2cc[nH]c12. The number of aliphatic imine (C=N–C) groups is 1. The van der Waals surface area contributed by atoms with E-state index < -0.39 is 0 Å². The number of nitrogens with zero attached hydrogens (tertiary/aromatic N) is 1. The van der Waals surface area contributed by atoms with Crippen molar-refractivity contribution in [3.8, 4) is 0 Å². The van der Waals surface area contributed by atoms with Gasteiger partial charge in [-0.1, -0.05) is 12.2 Å². The van der Waals surface area contributed by atoms with Crippen LogP contribution in [0.4, 0.5) is 5.69 Å². The van der Waals surface area contributed by atoms with Crippen LogP contribution in [0, 0.1) is 0 Å². The molecule has 0 spiro atoms. The molecule has 3 N–H and O–H groups in total. The summed E-state index contributed by atoms with van der Waals surface area (Å²) in [5.74, 6) is 0.867. The van der Waals surface area contributed by atoms with Crippen LogP contribution >= 0.6 is 0 Å². The first-order valence-corrected chi connectivity index (χ1v) is 6.63. The first kappa shape index (κ1) is 11.8. The molecule has 1 aliphatic rings. The van der Waals surface area contributed by atoms with Crippen LogP contribution in [0.5, 0.6) is 0 Å². The second-order valence-electron chi connectivity index (χ2n) is 4.63. The zero-order valence-electron chi connectivity index (χ0n) is 11.0. The zero-order valence-corrected chi connectivity index (χ0v) is 11.0. The van der Waals surface area contributed by atoms with Crippen molar-refractivity contribution in [1.29, 1.82) is 0 Å². The molecule has 0 saturated carbocycles. The van der Waals surface area contributed by atoms with Crippen LogP contribution in [-0.4, -0.2) is 24.0 Å². The lowest BCUT2D eigenvalue weighted by Crippen LogP contribution is -2.26. The van der Waals surface area contributed by atoms with Gasteiger partial charge in [-0.2, -0.15) is 0 Å². The first-order valence-electron chi connectivity index (χ1n) is 6.63. The van der Waals surface area contributed by atoms with Gasteiger partial charge in [0.2, 0.25) is 0 Å². The summed E-state index contributed by atoms with van der Waals surface area (Å²) in [6, 6.07) is 6.43. The molecule has 98 valence electrons. The van der Waals surface area contributed by atoms with E-state index in [1.54, 1.807) is 0 Å². The Morgan fingerprint density at radius 1 is 1.42 bits per heavy atom. The number of rotatable bonds is 3. The fourth-order valence-electron chi connectivity index (χ4n) is 2.35. The third kappa shape index (κ3) is 2.47. The highest BCUT2D eigenvalue weighted by Crippen LogP contribution is 2.24. The lowest BCUT2D eigenvalue weighted by molar-refractivity contribution is 0.959. The molecule has 19 heavy (non-hydrogen) atoms. The number of hydrogen-bond donors (Lipinski definition) is 3. The van der Waals surface area contributed by atoms with Gasteiger partial charge in [-0.25, -0.2) is 0 Å². The maximum absolute atomic E-state index is 4.36. The summed E-state index contributed by atoms with van der Waals surface area (Å²) in [5.41, 5.74) is 3.59. The van der Waals surface area contributed by atoms with E-state index in [1.165, 1.54) is 16.5 Å². The summed E-state index contributed by atoms with van der Waals surface area (Å²) >= 11 is 0. The number of allylic oxidation sites excluding steroid dienone is 2. The molecule has 0 radical (unpaired) electrons. The van der Waals surface area contributed by atoms with Crippen molar-refractivity contribution < 1.29 is 0 Å². The summed E-state index contributed by atoms with van der Waals surface area (Å²) in [6.45, 7) is 3.81. The summed E-state index contributed by atoms with van der Waals surface area (Å²) in [5, 5.41) is 7.79. The van der Waals surface area contributed by atoms with Crippen LogP contribution in [-0.2, 0) is 6.42 Å². The number of aromatic amines is 1. The van der Waals surface area contributed by atoms with Gasteiger partial charge in [0, 0.05) is 29.3 Å². The third-order valence-electron chi connectivity index (χ3n) is 3.25. The molecule has 1 aromatic heterocycles. The van der Waals surface area contributed by atoms with E-state index in [4.69, 9.17) is 0 Å². The molecule has 0 unspecified atom stereocenters. The van der Waals surface area contributed by atoms with Crippen molar-refractivity contribution in [3.05, 3.63) is 42.1 Å². The highest BCUT2D eigenvalue weighted by atomic mass is 15.2. The Bertz CT molecular complexity index is 637.